The van der Waals surface area contributed by atoms with E-state index in [9.17, 15) is 0 Å². The number of alkyl halides is 3. The van der Waals surface area contributed by atoms with Crippen molar-refractivity contribution in [3.8, 4) is 0 Å². The maximum atomic E-state index is 5.73. The largest absolute Gasteiger partial charge is 0.377 e. The number of rotatable bonds is 8. The summed E-state index contributed by atoms with van der Waals surface area (Å²) in [6, 6.07) is 0. The Bertz CT molecular complexity index is 189. The Morgan fingerprint density at radius 2 is 2.19 bits per heavy atom. The first-order chi connectivity index (χ1) is 7.80. The van der Waals surface area contributed by atoms with Gasteiger partial charge in [0.15, 0.2) is 0 Å². The van der Waals surface area contributed by atoms with Gasteiger partial charge in [0.1, 0.15) is 12.2 Å². The molecule has 1 saturated heterocycles. The topological polar surface area (TPSA) is 36.9 Å². The molecule has 3 unspecified atom stereocenters. The monoisotopic (exact) mass is 310 g/mol. The molecule has 8 heteroatoms. The van der Waals surface area contributed by atoms with Crippen LogP contribution < -0.4 is 0 Å². The van der Waals surface area contributed by atoms with Crippen LogP contribution >= 0.6 is 43.4 Å². The van der Waals surface area contributed by atoms with E-state index in [2.05, 4.69) is 0 Å². The first-order valence-electron chi connectivity index (χ1n) is 4.82. The van der Waals surface area contributed by atoms with E-state index in [0.29, 0.717) is 37.5 Å². The molecule has 0 aromatic rings. The third kappa shape index (κ3) is 5.65. The highest BCUT2D eigenvalue weighted by Gasteiger charge is 2.30. The van der Waals surface area contributed by atoms with Gasteiger partial charge in [0.2, 0.25) is 0 Å². The molecule has 0 aromatic heterocycles. The Kier molecular flexibility index (Phi) is 8.66. The summed E-state index contributed by atoms with van der Waals surface area (Å²) >= 11 is 16.8. The van der Waals surface area contributed by atoms with Crippen molar-refractivity contribution >= 4 is 43.4 Å². The number of hydrogen-bond donors (Lipinski definition) is 0. The Hall–Kier alpha value is 1.14. The van der Waals surface area contributed by atoms with Crippen LogP contribution in [0.15, 0.2) is 0 Å². The molecule has 1 fully saturated rings. The second-order valence-electron chi connectivity index (χ2n) is 3.05. The third-order valence-corrected chi connectivity index (χ3v) is 3.85. The molecule has 0 bridgehead atoms. The molecular formula is C8H14Cl3O4P. The highest BCUT2D eigenvalue weighted by molar-refractivity contribution is 7.42. The molecule has 96 valence electrons. The molecule has 3 atom stereocenters. The smallest absolute Gasteiger partial charge is 0.333 e. The van der Waals surface area contributed by atoms with Crippen LogP contribution in [0.1, 0.15) is 0 Å². The van der Waals surface area contributed by atoms with Crippen molar-refractivity contribution in [1.29, 1.82) is 0 Å². The molecule has 0 amide bonds. The van der Waals surface area contributed by atoms with Crippen molar-refractivity contribution < 1.29 is 18.3 Å². The van der Waals surface area contributed by atoms with Crippen LogP contribution in [-0.4, -0.2) is 49.7 Å². The van der Waals surface area contributed by atoms with Gasteiger partial charge in [-0.25, -0.2) is 0 Å². The fraction of sp³-hybridized carbons (Fsp3) is 1.00. The third-order valence-electron chi connectivity index (χ3n) is 1.71. The molecule has 1 heterocycles. The van der Waals surface area contributed by atoms with Crippen molar-refractivity contribution in [2.75, 3.05) is 37.5 Å². The average molecular weight is 312 g/mol. The summed E-state index contributed by atoms with van der Waals surface area (Å²) in [4.78, 5) is 0. The average Bonchev–Trinajstić information content (AvgIpc) is 2.75. The molecule has 1 rings (SSSR count). The van der Waals surface area contributed by atoms with Crippen LogP contribution in [0.5, 0.6) is 0 Å². The summed E-state index contributed by atoms with van der Waals surface area (Å²) in [5.74, 6) is 1.17. The normalized spacial score (nSPS) is 27.2. The number of hydrogen-bond acceptors (Lipinski definition) is 4. The second-order valence-corrected chi connectivity index (χ2v) is 5.17. The summed E-state index contributed by atoms with van der Waals surface area (Å²) in [6.45, 7) is 1.32. The summed E-state index contributed by atoms with van der Waals surface area (Å²) in [5.41, 5.74) is 0. The highest BCUT2D eigenvalue weighted by Crippen LogP contribution is 2.47. The maximum absolute atomic E-state index is 5.73. The Morgan fingerprint density at radius 1 is 1.38 bits per heavy atom. The quantitative estimate of drug-likeness (QED) is 0.392. The lowest BCUT2D eigenvalue weighted by atomic mass is 10.4. The molecule has 0 radical (unpaired) electrons. The Labute approximate surface area is 111 Å². The van der Waals surface area contributed by atoms with Gasteiger partial charge in [-0.1, -0.05) is 0 Å². The predicted octanol–water partition coefficient (Wildman–Crippen LogP) is 2.75. The van der Waals surface area contributed by atoms with Crippen molar-refractivity contribution in [1.82, 2.24) is 0 Å². The first kappa shape index (κ1) is 15.2. The van der Waals surface area contributed by atoms with E-state index in [1.165, 1.54) is 0 Å². The SMILES string of the molecule is ClCCOCC(CCl)OP1OCC(CCl)O1. The minimum Gasteiger partial charge on any atom is -0.377 e. The lowest BCUT2D eigenvalue weighted by molar-refractivity contribution is 0.0599. The van der Waals surface area contributed by atoms with Crippen LogP contribution in [0, 0.1) is 0 Å². The summed E-state index contributed by atoms with van der Waals surface area (Å²) in [5, 5.41) is 0. The predicted molar refractivity (Wildman–Crippen MR) is 65.6 cm³/mol. The fourth-order valence-electron chi connectivity index (χ4n) is 0.949. The Balaban J connectivity index is 2.17. The molecule has 0 aromatic carbocycles. The zero-order valence-corrected chi connectivity index (χ0v) is 11.8. The van der Waals surface area contributed by atoms with Crippen molar-refractivity contribution in [3.63, 3.8) is 0 Å². The van der Waals surface area contributed by atoms with Gasteiger partial charge in [-0.3, -0.25) is 0 Å². The standard InChI is InChI=1S/C8H14Cl3O4P/c9-1-2-12-5-7(3-10)14-16-13-6-8(4-11)15-16/h7-8H,1-6H2. The molecule has 0 spiro atoms. The van der Waals surface area contributed by atoms with Crippen LogP contribution in [0.3, 0.4) is 0 Å². The molecule has 0 N–H and O–H groups in total. The van der Waals surface area contributed by atoms with Crippen LogP contribution in [0.2, 0.25) is 0 Å². The van der Waals surface area contributed by atoms with Gasteiger partial charge >= 0.3 is 8.60 Å². The molecule has 0 saturated carbocycles. The van der Waals surface area contributed by atoms with Crippen LogP contribution in [0.25, 0.3) is 0 Å². The molecule has 1 aliphatic rings. The van der Waals surface area contributed by atoms with Crippen LogP contribution in [0.4, 0.5) is 0 Å². The van der Waals surface area contributed by atoms with Gasteiger partial charge < -0.3 is 18.3 Å². The van der Waals surface area contributed by atoms with E-state index in [0.717, 1.165) is 0 Å². The van der Waals surface area contributed by atoms with Crippen molar-refractivity contribution in [3.05, 3.63) is 0 Å². The fourth-order valence-corrected chi connectivity index (χ4v) is 2.75. The van der Waals surface area contributed by atoms with E-state index in [4.69, 9.17) is 53.1 Å². The number of ether oxygens (including phenoxy) is 1. The van der Waals surface area contributed by atoms with E-state index in [1.807, 2.05) is 0 Å². The van der Waals surface area contributed by atoms with E-state index in [1.54, 1.807) is 0 Å². The molecule has 1 aliphatic heterocycles. The first-order valence-corrected chi connectivity index (χ1v) is 7.52. The van der Waals surface area contributed by atoms with Crippen molar-refractivity contribution in [2.24, 2.45) is 0 Å². The van der Waals surface area contributed by atoms with Gasteiger partial charge in [-0.05, 0) is 0 Å². The summed E-state index contributed by atoms with van der Waals surface area (Å²) < 4.78 is 21.4. The summed E-state index contributed by atoms with van der Waals surface area (Å²) in [7, 11) is -1.34. The second kappa shape index (κ2) is 9.12. The maximum Gasteiger partial charge on any atom is 0.333 e. The summed E-state index contributed by atoms with van der Waals surface area (Å²) in [6.07, 6.45) is -0.336. The van der Waals surface area contributed by atoms with E-state index >= 15 is 0 Å². The number of halogens is 3. The van der Waals surface area contributed by atoms with Crippen LogP contribution in [-0.2, 0) is 18.3 Å². The highest BCUT2D eigenvalue weighted by atomic mass is 35.5. The lowest BCUT2D eigenvalue weighted by Crippen LogP contribution is -2.20. The van der Waals surface area contributed by atoms with Gasteiger partial charge in [0, 0.05) is 5.88 Å². The zero-order valence-electron chi connectivity index (χ0n) is 8.61. The Morgan fingerprint density at radius 3 is 2.75 bits per heavy atom. The lowest BCUT2D eigenvalue weighted by Gasteiger charge is -2.17. The van der Waals surface area contributed by atoms with Gasteiger partial charge in [0.25, 0.3) is 0 Å². The van der Waals surface area contributed by atoms with Gasteiger partial charge in [-0.15, -0.1) is 34.8 Å². The molecule has 4 nitrogen and oxygen atoms in total. The van der Waals surface area contributed by atoms with Gasteiger partial charge in [0.05, 0.1) is 31.6 Å². The van der Waals surface area contributed by atoms with Gasteiger partial charge in [-0.2, -0.15) is 0 Å². The minimum atomic E-state index is -1.34. The molecule has 16 heavy (non-hydrogen) atoms. The van der Waals surface area contributed by atoms with E-state index in [-0.39, 0.29) is 12.2 Å². The minimum absolute atomic E-state index is 0.0903. The molecule has 0 aliphatic carbocycles. The zero-order chi connectivity index (χ0) is 11.8. The van der Waals surface area contributed by atoms with Crippen molar-refractivity contribution in [2.45, 2.75) is 12.2 Å². The molecular weight excluding hydrogens is 297 g/mol. The van der Waals surface area contributed by atoms with E-state index < -0.39 is 8.60 Å².